The standard InChI is InChI=1S/C21H22BrN5O2/c22-18-7-5-16(6-8-18)13-19-15-26(24-23-19)20-9-11-25(12-10-20)14-17-3-1-2-4-21(17)27(28)29/h1-8,15,20H,9-14H2. The number of para-hydroxylation sites is 1. The van der Waals surface area contributed by atoms with Gasteiger partial charge in [-0.25, -0.2) is 4.68 Å². The molecule has 8 heteroatoms. The molecular formula is C21H22BrN5O2. The van der Waals surface area contributed by atoms with Crippen molar-refractivity contribution in [2.24, 2.45) is 0 Å². The van der Waals surface area contributed by atoms with E-state index in [2.05, 4.69) is 43.3 Å². The monoisotopic (exact) mass is 455 g/mol. The molecule has 1 aliphatic heterocycles. The molecule has 0 spiro atoms. The molecule has 1 aromatic heterocycles. The molecule has 0 saturated carbocycles. The Bertz CT molecular complexity index is 981. The summed E-state index contributed by atoms with van der Waals surface area (Å²) in [5.74, 6) is 0. The maximum absolute atomic E-state index is 11.2. The summed E-state index contributed by atoms with van der Waals surface area (Å²) in [6, 6.07) is 15.6. The van der Waals surface area contributed by atoms with Gasteiger partial charge < -0.3 is 0 Å². The van der Waals surface area contributed by atoms with Crippen LogP contribution in [0.3, 0.4) is 0 Å². The van der Waals surface area contributed by atoms with Crippen molar-refractivity contribution in [2.75, 3.05) is 13.1 Å². The normalized spacial score (nSPS) is 15.5. The van der Waals surface area contributed by atoms with E-state index in [4.69, 9.17) is 0 Å². The van der Waals surface area contributed by atoms with Gasteiger partial charge in [-0.3, -0.25) is 15.0 Å². The van der Waals surface area contributed by atoms with Gasteiger partial charge in [0.2, 0.25) is 0 Å². The maximum atomic E-state index is 11.2. The predicted molar refractivity (Wildman–Crippen MR) is 114 cm³/mol. The van der Waals surface area contributed by atoms with E-state index in [0.717, 1.165) is 48.1 Å². The molecule has 1 saturated heterocycles. The summed E-state index contributed by atoms with van der Waals surface area (Å²) in [6.45, 7) is 2.38. The molecule has 29 heavy (non-hydrogen) atoms. The fraction of sp³-hybridized carbons (Fsp3) is 0.333. The number of benzene rings is 2. The first-order valence-electron chi connectivity index (χ1n) is 9.68. The first kappa shape index (κ1) is 19.7. The molecule has 1 aliphatic rings. The van der Waals surface area contributed by atoms with Crippen LogP contribution < -0.4 is 0 Å². The zero-order chi connectivity index (χ0) is 20.2. The van der Waals surface area contributed by atoms with Gasteiger partial charge in [0.25, 0.3) is 5.69 Å². The Morgan fingerprint density at radius 2 is 1.83 bits per heavy atom. The van der Waals surface area contributed by atoms with E-state index in [1.165, 1.54) is 5.56 Å². The third kappa shape index (κ3) is 4.89. The van der Waals surface area contributed by atoms with Crippen molar-refractivity contribution in [2.45, 2.75) is 31.8 Å². The van der Waals surface area contributed by atoms with E-state index in [1.54, 1.807) is 12.1 Å². The summed E-state index contributed by atoms with van der Waals surface area (Å²) < 4.78 is 3.05. The average Bonchev–Trinajstić information content (AvgIpc) is 3.19. The lowest BCUT2D eigenvalue weighted by Crippen LogP contribution is -2.34. The fourth-order valence-electron chi connectivity index (χ4n) is 3.79. The molecule has 0 atom stereocenters. The van der Waals surface area contributed by atoms with E-state index < -0.39 is 0 Å². The highest BCUT2D eigenvalue weighted by Gasteiger charge is 2.23. The van der Waals surface area contributed by atoms with Crippen molar-refractivity contribution in [3.05, 3.63) is 86.1 Å². The largest absolute Gasteiger partial charge is 0.299 e. The number of nitro benzene ring substituents is 1. The van der Waals surface area contributed by atoms with Crippen LogP contribution in [-0.4, -0.2) is 37.9 Å². The first-order valence-corrected chi connectivity index (χ1v) is 10.5. The second-order valence-electron chi connectivity index (χ2n) is 7.39. The van der Waals surface area contributed by atoms with Gasteiger partial charge >= 0.3 is 0 Å². The molecule has 1 fully saturated rings. The molecule has 3 aromatic rings. The fourth-order valence-corrected chi connectivity index (χ4v) is 4.05. The number of likely N-dealkylation sites (tertiary alicyclic amines) is 1. The minimum atomic E-state index is -0.301. The van der Waals surface area contributed by atoms with Crippen LogP contribution in [0.1, 0.15) is 35.7 Å². The van der Waals surface area contributed by atoms with Crippen LogP contribution in [0.25, 0.3) is 0 Å². The first-order chi connectivity index (χ1) is 14.1. The lowest BCUT2D eigenvalue weighted by atomic mass is 10.0. The number of nitrogens with zero attached hydrogens (tertiary/aromatic N) is 5. The van der Waals surface area contributed by atoms with E-state index in [0.29, 0.717) is 12.6 Å². The van der Waals surface area contributed by atoms with Gasteiger partial charge in [0, 0.05) is 48.4 Å². The molecule has 4 rings (SSSR count). The van der Waals surface area contributed by atoms with E-state index in [1.807, 2.05) is 35.1 Å². The Morgan fingerprint density at radius 3 is 2.55 bits per heavy atom. The van der Waals surface area contributed by atoms with Gasteiger partial charge in [-0.05, 0) is 30.5 Å². The Labute approximate surface area is 177 Å². The highest BCUT2D eigenvalue weighted by atomic mass is 79.9. The van der Waals surface area contributed by atoms with Crippen LogP contribution in [0.5, 0.6) is 0 Å². The number of halogens is 1. The summed E-state index contributed by atoms with van der Waals surface area (Å²) in [6.07, 6.45) is 4.73. The summed E-state index contributed by atoms with van der Waals surface area (Å²) in [7, 11) is 0. The number of aromatic nitrogens is 3. The van der Waals surface area contributed by atoms with E-state index in [-0.39, 0.29) is 10.6 Å². The number of rotatable bonds is 6. The lowest BCUT2D eigenvalue weighted by molar-refractivity contribution is -0.385. The van der Waals surface area contributed by atoms with Gasteiger partial charge in [0.1, 0.15) is 0 Å². The molecule has 0 unspecified atom stereocenters. The Balaban J connectivity index is 1.34. The zero-order valence-electron chi connectivity index (χ0n) is 15.9. The third-order valence-electron chi connectivity index (χ3n) is 5.37. The van der Waals surface area contributed by atoms with Gasteiger partial charge in [0.05, 0.1) is 16.7 Å². The molecule has 0 aliphatic carbocycles. The zero-order valence-corrected chi connectivity index (χ0v) is 17.5. The van der Waals surface area contributed by atoms with Crippen LogP contribution in [0.2, 0.25) is 0 Å². The van der Waals surface area contributed by atoms with Gasteiger partial charge in [-0.15, -0.1) is 5.10 Å². The highest BCUT2D eigenvalue weighted by molar-refractivity contribution is 9.10. The second-order valence-corrected chi connectivity index (χ2v) is 8.30. The predicted octanol–water partition coefficient (Wildman–Crippen LogP) is 4.38. The van der Waals surface area contributed by atoms with E-state index in [9.17, 15) is 10.1 Å². The van der Waals surface area contributed by atoms with Crippen molar-refractivity contribution < 1.29 is 4.92 Å². The van der Waals surface area contributed by atoms with Crippen LogP contribution in [-0.2, 0) is 13.0 Å². The molecule has 0 radical (unpaired) electrons. The van der Waals surface area contributed by atoms with Crippen LogP contribution in [0.4, 0.5) is 5.69 Å². The van der Waals surface area contributed by atoms with Gasteiger partial charge in [0.15, 0.2) is 0 Å². The summed E-state index contributed by atoms with van der Waals surface area (Å²) in [4.78, 5) is 13.2. The van der Waals surface area contributed by atoms with Crippen molar-refractivity contribution in [1.29, 1.82) is 0 Å². The minimum Gasteiger partial charge on any atom is -0.299 e. The Hall–Kier alpha value is -2.58. The summed E-state index contributed by atoms with van der Waals surface area (Å²) >= 11 is 3.45. The summed E-state index contributed by atoms with van der Waals surface area (Å²) in [5, 5.41) is 19.9. The minimum absolute atomic E-state index is 0.198. The van der Waals surface area contributed by atoms with Crippen molar-refractivity contribution in [3.63, 3.8) is 0 Å². The van der Waals surface area contributed by atoms with Crippen LogP contribution in [0, 0.1) is 10.1 Å². The number of nitro groups is 1. The molecule has 2 heterocycles. The smallest absolute Gasteiger partial charge is 0.273 e. The molecule has 0 bridgehead atoms. The molecular weight excluding hydrogens is 434 g/mol. The number of piperidine rings is 1. The van der Waals surface area contributed by atoms with Crippen molar-refractivity contribution in [1.82, 2.24) is 19.9 Å². The average molecular weight is 456 g/mol. The SMILES string of the molecule is O=[N+]([O-])c1ccccc1CN1CCC(n2cc(Cc3ccc(Br)cc3)nn2)CC1. The second kappa shape index (κ2) is 8.84. The molecule has 7 nitrogen and oxygen atoms in total. The third-order valence-corrected chi connectivity index (χ3v) is 5.90. The van der Waals surface area contributed by atoms with Crippen molar-refractivity contribution >= 4 is 21.6 Å². The highest BCUT2D eigenvalue weighted by Crippen LogP contribution is 2.26. The lowest BCUT2D eigenvalue weighted by Gasteiger charge is -2.31. The Kier molecular flexibility index (Phi) is 6.01. The van der Waals surface area contributed by atoms with E-state index >= 15 is 0 Å². The Morgan fingerprint density at radius 1 is 1.10 bits per heavy atom. The quantitative estimate of drug-likeness (QED) is 0.407. The molecule has 0 N–H and O–H groups in total. The van der Waals surface area contributed by atoms with Gasteiger partial charge in [-0.1, -0.05) is 51.5 Å². The topological polar surface area (TPSA) is 77.1 Å². The van der Waals surface area contributed by atoms with Crippen LogP contribution >= 0.6 is 15.9 Å². The number of hydrogen-bond acceptors (Lipinski definition) is 5. The molecule has 0 amide bonds. The molecule has 2 aromatic carbocycles. The molecule has 150 valence electrons. The maximum Gasteiger partial charge on any atom is 0.273 e. The van der Waals surface area contributed by atoms with Crippen molar-refractivity contribution in [3.8, 4) is 0 Å². The number of hydrogen-bond donors (Lipinski definition) is 0. The summed E-state index contributed by atoms with van der Waals surface area (Å²) in [5.41, 5.74) is 3.14. The van der Waals surface area contributed by atoms with Gasteiger partial charge in [-0.2, -0.15) is 0 Å². The van der Waals surface area contributed by atoms with Crippen LogP contribution in [0.15, 0.2) is 59.2 Å².